The molecule has 0 aliphatic carbocycles. The zero-order valence-corrected chi connectivity index (χ0v) is 14.6. The number of nitrogens with one attached hydrogen (secondary N) is 1. The van der Waals surface area contributed by atoms with Crippen molar-refractivity contribution < 1.29 is 14.1 Å². The molecule has 1 N–H and O–H groups in total. The molecule has 0 atom stereocenters. The molecule has 1 saturated heterocycles. The topological polar surface area (TPSA) is 52.6 Å². The summed E-state index contributed by atoms with van der Waals surface area (Å²) in [5, 5.41) is 8.89. The Morgan fingerprint density at radius 1 is 1.13 bits per heavy atom. The second-order valence-electron chi connectivity index (χ2n) is 6.12. The minimum Gasteiger partial charge on any atom is -0.493 e. The van der Waals surface area contributed by atoms with Gasteiger partial charge in [0.15, 0.2) is 6.54 Å². The van der Waals surface area contributed by atoms with Crippen LogP contribution in [0.1, 0.15) is 29.9 Å². The van der Waals surface area contributed by atoms with E-state index in [0.29, 0.717) is 11.8 Å². The third-order valence-electron chi connectivity index (χ3n) is 3.93. The van der Waals surface area contributed by atoms with Crippen molar-refractivity contribution in [1.82, 2.24) is 10.2 Å². The van der Waals surface area contributed by atoms with Crippen LogP contribution in [0, 0.1) is 13.8 Å². The van der Waals surface area contributed by atoms with Gasteiger partial charge in [-0.2, -0.15) is 0 Å². The van der Waals surface area contributed by atoms with Crippen LogP contribution in [0.4, 0.5) is 0 Å². The first-order valence-corrected chi connectivity index (χ1v) is 9.17. The average Bonchev–Trinajstić information content (AvgIpc) is 3.15. The van der Waals surface area contributed by atoms with E-state index < -0.39 is 0 Å². The van der Waals surface area contributed by atoms with E-state index in [4.69, 9.17) is 9.15 Å². The Bertz CT molecular complexity index is 618. The molecule has 0 unspecified atom stereocenters. The van der Waals surface area contributed by atoms with E-state index in [9.17, 15) is 0 Å². The van der Waals surface area contributed by atoms with Crippen molar-refractivity contribution in [3.8, 4) is 5.75 Å². The molecule has 1 aromatic heterocycles. The highest BCUT2D eigenvalue weighted by Gasteiger charge is 2.19. The Morgan fingerprint density at radius 3 is 2.61 bits per heavy atom. The molecule has 1 aromatic carbocycles. The molecule has 0 spiro atoms. The summed E-state index contributed by atoms with van der Waals surface area (Å²) in [7, 11) is 0. The van der Waals surface area contributed by atoms with Gasteiger partial charge in [-0.05, 0) is 37.1 Å². The summed E-state index contributed by atoms with van der Waals surface area (Å²) < 4.78 is 11.5. The minimum absolute atomic E-state index is 0.628. The molecular formula is C17H24N3O2S+. The lowest BCUT2D eigenvalue weighted by molar-refractivity contribution is -0.902. The molecule has 2 aromatic rings. The second-order valence-corrected chi connectivity index (χ2v) is 7.16. The van der Waals surface area contributed by atoms with E-state index >= 15 is 0 Å². The first kappa shape index (κ1) is 16.3. The summed E-state index contributed by atoms with van der Waals surface area (Å²) in [6.45, 7) is 8.08. The zero-order chi connectivity index (χ0) is 16.1. The van der Waals surface area contributed by atoms with Crippen molar-refractivity contribution in [2.45, 2.75) is 38.5 Å². The van der Waals surface area contributed by atoms with Crippen molar-refractivity contribution >= 4 is 11.8 Å². The lowest BCUT2D eigenvalue weighted by Crippen LogP contribution is -3.08. The standard InChI is InChI=1S/C17H23N3O2S/c1-13-9-14(2)11-15(10-13)21-7-8-23-17-19-18-16(22-17)12-20-5-3-4-6-20/h9-11H,3-8,12H2,1-2H3/p+1. The highest BCUT2D eigenvalue weighted by Crippen LogP contribution is 2.19. The molecule has 3 rings (SSSR count). The predicted molar refractivity (Wildman–Crippen MR) is 90.1 cm³/mol. The number of benzene rings is 1. The summed E-state index contributed by atoms with van der Waals surface area (Å²) in [5.41, 5.74) is 2.44. The fraction of sp³-hybridized carbons (Fsp3) is 0.529. The van der Waals surface area contributed by atoms with Crippen LogP contribution in [0.5, 0.6) is 5.75 Å². The van der Waals surface area contributed by atoms with Crippen LogP contribution in [0.2, 0.25) is 0 Å². The third kappa shape index (κ3) is 4.97. The molecule has 1 fully saturated rings. The number of ether oxygens (including phenoxy) is 1. The second kappa shape index (κ2) is 7.84. The highest BCUT2D eigenvalue weighted by atomic mass is 32.2. The molecule has 2 heterocycles. The SMILES string of the molecule is Cc1cc(C)cc(OCCSc2nnc(C[NH+]3CCCC3)o2)c1. The zero-order valence-electron chi connectivity index (χ0n) is 13.8. The van der Waals surface area contributed by atoms with Crippen molar-refractivity contribution in [1.29, 1.82) is 0 Å². The van der Waals surface area contributed by atoms with Crippen LogP contribution in [0.3, 0.4) is 0 Å². The largest absolute Gasteiger partial charge is 0.493 e. The lowest BCUT2D eigenvalue weighted by atomic mass is 10.1. The van der Waals surface area contributed by atoms with Crippen LogP contribution in [-0.4, -0.2) is 35.6 Å². The van der Waals surface area contributed by atoms with Crippen molar-refractivity contribution in [3.63, 3.8) is 0 Å². The molecule has 5 nitrogen and oxygen atoms in total. The number of aryl methyl sites for hydroxylation is 2. The smallest absolute Gasteiger partial charge is 0.276 e. The van der Waals surface area contributed by atoms with E-state index in [1.54, 1.807) is 16.7 Å². The Hall–Kier alpha value is -1.53. The van der Waals surface area contributed by atoms with Crippen LogP contribution in [0.15, 0.2) is 27.8 Å². The van der Waals surface area contributed by atoms with Crippen LogP contribution < -0.4 is 9.64 Å². The van der Waals surface area contributed by atoms with E-state index in [-0.39, 0.29) is 0 Å². The number of nitrogens with zero attached hydrogens (tertiary/aromatic N) is 2. The van der Waals surface area contributed by atoms with Gasteiger partial charge in [0.05, 0.1) is 19.7 Å². The normalized spacial score (nSPS) is 15.2. The number of rotatable bonds is 7. The molecule has 124 valence electrons. The number of aromatic nitrogens is 2. The first-order valence-electron chi connectivity index (χ1n) is 8.19. The summed E-state index contributed by atoms with van der Waals surface area (Å²) >= 11 is 1.55. The van der Waals surface area contributed by atoms with Gasteiger partial charge >= 0.3 is 0 Å². The van der Waals surface area contributed by atoms with Gasteiger partial charge < -0.3 is 14.1 Å². The summed E-state index contributed by atoms with van der Waals surface area (Å²) in [6.07, 6.45) is 2.61. The molecule has 1 aliphatic rings. The number of quaternary nitrogens is 1. The van der Waals surface area contributed by atoms with Gasteiger partial charge in [-0.1, -0.05) is 17.8 Å². The minimum atomic E-state index is 0.628. The summed E-state index contributed by atoms with van der Waals surface area (Å²) in [6, 6.07) is 6.26. The molecule has 23 heavy (non-hydrogen) atoms. The van der Waals surface area contributed by atoms with Crippen LogP contribution in [-0.2, 0) is 6.54 Å². The van der Waals surface area contributed by atoms with Gasteiger partial charge in [0, 0.05) is 18.6 Å². The Labute approximate surface area is 141 Å². The predicted octanol–water partition coefficient (Wildman–Crippen LogP) is 2.04. The van der Waals surface area contributed by atoms with Gasteiger partial charge in [-0.25, -0.2) is 0 Å². The molecule has 0 radical (unpaired) electrons. The van der Waals surface area contributed by atoms with Gasteiger partial charge in [0.2, 0.25) is 0 Å². The molecule has 1 aliphatic heterocycles. The van der Waals surface area contributed by atoms with E-state index in [1.165, 1.54) is 37.1 Å². The third-order valence-corrected chi connectivity index (χ3v) is 4.72. The maximum absolute atomic E-state index is 5.79. The van der Waals surface area contributed by atoms with Gasteiger partial charge in [-0.3, -0.25) is 0 Å². The number of likely N-dealkylation sites (tertiary alicyclic amines) is 1. The van der Waals surface area contributed by atoms with E-state index in [2.05, 4.69) is 42.2 Å². The molecular weight excluding hydrogens is 310 g/mol. The fourth-order valence-corrected chi connectivity index (χ4v) is 3.53. The maximum Gasteiger partial charge on any atom is 0.276 e. The van der Waals surface area contributed by atoms with Crippen molar-refractivity contribution in [3.05, 3.63) is 35.2 Å². The highest BCUT2D eigenvalue weighted by molar-refractivity contribution is 7.99. The molecule has 6 heteroatoms. The average molecular weight is 334 g/mol. The van der Waals surface area contributed by atoms with Crippen LogP contribution in [0.25, 0.3) is 0 Å². The van der Waals surface area contributed by atoms with Crippen LogP contribution >= 0.6 is 11.8 Å². The van der Waals surface area contributed by atoms with Gasteiger partial charge in [0.1, 0.15) is 5.75 Å². The summed E-state index contributed by atoms with van der Waals surface area (Å²) in [4.78, 5) is 1.54. The number of hydrogen-bond acceptors (Lipinski definition) is 5. The fourth-order valence-electron chi connectivity index (χ4n) is 2.94. The maximum atomic E-state index is 5.79. The van der Waals surface area contributed by atoms with Gasteiger partial charge in [-0.15, -0.1) is 10.2 Å². The first-order chi connectivity index (χ1) is 11.2. The Morgan fingerprint density at radius 2 is 1.87 bits per heavy atom. The van der Waals surface area contributed by atoms with Crippen molar-refractivity contribution in [2.24, 2.45) is 0 Å². The number of thioether (sulfide) groups is 1. The van der Waals surface area contributed by atoms with Crippen molar-refractivity contribution in [2.75, 3.05) is 25.4 Å². The van der Waals surface area contributed by atoms with E-state index in [0.717, 1.165) is 23.9 Å². The van der Waals surface area contributed by atoms with E-state index in [1.807, 2.05) is 0 Å². The molecule has 0 amide bonds. The number of hydrogen-bond donors (Lipinski definition) is 1. The van der Waals surface area contributed by atoms with Gasteiger partial charge in [0.25, 0.3) is 11.1 Å². The molecule has 0 saturated carbocycles. The summed E-state index contributed by atoms with van der Waals surface area (Å²) in [5.74, 6) is 2.47. The quantitative estimate of drug-likeness (QED) is 0.620. The lowest BCUT2D eigenvalue weighted by Gasteiger charge is -2.08. The Kier molecular flexibility index (Phi) is 5.56. The monoisotopic (exact) mass is 334 g/mol. The Balaban J connectivity index is 1.41. The molecule has 0 bridgehead atoms.